The largest absolute Gasteiger partial charge is 0.238 e. The van der Waals surface area contributed by atoms with Crippen molar-refractivity contribution in [2.24, 2.45) is 0 Å². The number of aromatic nitrogens is 2. The summed E-state index contributed by atoms with van der Waals surface area (Å²) >= 11 is 5.56. The van der Waals surface area contributed by atoms with Gasteiger partial charge in [0.1, 0.15) is 0 Å². The molecular weight excluding hydrogens is 155 g/mol. The van der Waals surface area contributed by atoms with Crippen LogP contribution in [0, 0.1) is 5.95 Å². The van der Waals surface area contributed by atoms with Gasteiger partial charge in [-0.3, -0.25) is 0 Å². The summed E-state index contributed by atoms with van der Waals surface area (Å²) < 4.78 is 12.3. The minimum atomic E-state index is -0.582. The SMILES string of the molecule is CCc1nc(F)cnc1Cl. The van der Waals surface area contributed by atoms with Crippen LogP contribution in [0.5, 0.6) is 0 Å². The van der Waals surface area contributed by atoms with Crippen LogP contribution in [0.4, 0.5) is 4.39 Å². The molecule has 4 heteroatoms. The highest BCUT2D eigenvalue weighted by atomic mass is 35.5. The van der Waals surface area contributed by atoms with Crippen molar-refractivity contribution >= 4 is 11.6 Å². The molecule has 0 aliphatic carbocycles. The Bertz CT molecular complexity index is 239. The average molecular weight is 161 g/mol. The van der Waals surface area contributed by atoms with Gasteiger partial charge in [-0.05, 0) is 6.42 Å². The fourth-order valence-electron chi connectivity index (χ4n) is 0.613. The van der Waals surface area contributed by atoms with Crippen LogP contribution in [0.25, 0.3) is 0 Å². The van der Waals surface area contributed by atoms with Gasteiger partial charge in [0, 0.05) is 0 Å². The summed E-state index contributed by atoms with van der Waals surface area (Å²) in [5, 5.41) is 0.281. The first-order valence-corrected chi connectivity index (χ1v) is 3.28. The van der Waals surface area contributed by atoms with Gasteiger partial charge in [-0.1, -0.05) is 18.5 Å². The molecule has 10 heavy (non-hydrogen) atoms. The van der Waals surface area contributed by atoms with Crippen molar-refractivity contribution in [2.75, 3.05) is 0 Å². The van der Waals surface area contributed by atoms with Gasteiger partial charge in [-0.15, -0.1) is 0 Å². The quantitative estimate of drug-likeness (QED) is 0.627. The van der Waals surface area contributed by atoms with Gasteiger partial charge in [-0.2, -0.15) is 4.39 Å². The molecule has 2 nitrogen and oxygen atoms in total. The molecule has 1 heterocycles. The first-order valence-electron chi connectivity index (χ1n) is 2.91. The molecule has 0 fully saturated rings. The van der Waals surface area contributed by atoms with Crippen molar-refractivity contribution in [1.82, 2.24) is 9.97 Å². The third kappa shape index (κ3) is 1.42. The van der Waals surface area contributed by atoms with E-state index in [1.807, 2.05) is 6.92 Å². The Kier molecular flexibility index (Phi) is 2.17. The van der Waals surface area contributed by atoms with Crippen LogP contribution in [0.3, 0.4) is 0 Å². The summed E-state index contributed by atoms with van der Waals surface area (Å²) in [6.07, 6.45) is 1.60. The average Bonchev–Trinajstić information content (AvgIpc) is 1.94. The van der Waals surface area contributed by atoms with Gasteiger partial charge in [0.15, 0.2) is 5.15 Å². The van der Waals surface area contributed by atoms with Gasteiger partial charge in [0.25, 0.3) is 0 Å². The molecule has 54 valence electrons. The van der Waals surface area contributed by atoms with Crippen LogP contribution in [-0.2, 0) is 6.42 Å². The smallest absolute Gasteiger partial charge is 0.231 e. The van der Waals surface area contributed by atoms with Crippen molar-refractivity contribution in [1.29, 1.82) is 0 Å². The van der Waals surface area contributed by atoms with E-state index in [2.05, 4.69) is 9.97 Å². The molecule has 1 aromatic heterocycles. The number of rotatable bonds is 1. The van der Waals surface area contributed by atoms with Crippen molar-refractivity contribution in [3.63, 3.8) is 0 Å². The number of nitrogens with zero attached hydrogens (tertiary/aromatic N) is 2. The molecule has 0 aliphatic rings. The second kappa shape index (κ2) is 2.92. The lowest BCUT2D eigenvalue weighted by Crippen LogP contribution is -1.94. The van der Waals surface area contributed by atoms with Crippen molar-refractivity contribution in [3.8, 4) is 0 Å². The van der Waals surface area contributed by atoms with Crippen LogP contribution < -0.4 is 0 Å². The molecule has 0 bridgehead atoms. The maximum atomic E-state index is 12.3. The van der Waals surface area contributed by atoms with E-state index in [9.17, 15) is 4.39 Å². The van der Waals surface area contributed by atoms with Crippen molar-refractivity contribution in [2.45, 2.75) is 13.3 Å². The van der Waals surface area contributed by atoms with Gasteiger partial charge < -0.3 is 0 Å². The van der Waals surface area contributed by atoms with Gasteiger partial charge in [0.05, 0.1) is 11.9 Å². The lowest BCUT2D eigenvalue weighted by molar-refractivity contribution is 0.569. The molecule has 0 amide bonds. The summed E-state index contributed by atoms with van der Waals surface area (Å²) in [5.74, 6) is -0.582. The molecule has 0 atom stereocenters. The number of halogens is 2. The van der Waals surface area contributed by atoms with E-state index in [0.29, 0.717) is 12.1 Å². The summed E-state index contributed by atoms with van der Waals surface area (Å²) in [6, 6.07) is 0. The highest BCUT2D eigenvalue weighted by Crippen LogP contribution is 2.09. The van der Waals surface area contributed by atoms with Crippen LogP contribution in [0.2, 0.25) is 5.15 Å². The van der Waals surface area contributed by atoms with Crippen LogP contribution in [0.1, 0.15) is 12.6 Å². The first-order chi connectivity index (χ1) is 4.74. The zero-order valence-electron chi connectivity index (χ0n) is 5.43. The Labute approximate surface area is 63.1 Å². The summed E-state index contributed by atoms with van der Waals surface area (Å²) in [4.78, 5) is 7.11. The van der Waals surface area contributed by atoms with Gasteiger partial charge in [-0.25, -0.2) is 9.97 Å². The fourth-order valence-corrected chi connectivity index (χ4v) is 0.838. The molecule has 0 saturated heterocycles. The maximum absolute atomic E-state index is 12.3. The molecule has 0 unspecified atom stereocenters. The molecule has 1 aromatic rings. The van der Waals surface area contributed by atoms with E-state index in [-0.39, 0.29) is 5.15 Å². The van der Waals surface area contributed by atoms with Gasteiger partial charge >= 0.3 is 0 Å². The molecule has 0 saturated carbocycles. The predicted molar refractivity (Wildman–Crippen MR) is 36.4 cm³/mol. The number of aryl methyl sites for hydroxylation is 1. The van der Waals surface area contributed by atoms with Crippen LogP contribution in [-0.4, -0.2) is 9.97 Å². The zero-order valence-corrected chi connectivity index (χ0v) is 6.19. The lowest BCUT2D eigenvalue weighted by atomic mass is 10.4. The normalized spacial score (nSPS) is 9.90. The van der Waals surface area contributed by atoms with Crippen LogP contribution in [0.15, 0.2) is 6.20 Å². The maximum Gasteiger partial charge on any atom is 0.231 e. The predicted octanol–water partition coefficient (Wildman–Crippen LogP) is 1.83. The number of hydrogen-bond donors (Lipinski definition) is 0. The van der Waals surface area contributed by atoms with E-state index in [0.717, 1.165) is 6.20 Å². The Hall–Kier alpha value is -0.700. The number of hydrogen-bond acceptors (Lipinski definition) is 2. The molecule has 0 radical (unpaired) electrons. The van der Waals surface area contributed by atoms with E-state index in [1.54, 1.807) is 0 Å². The second-order valence-electron chi connectivity index (χ2n) is 1.78. The molecule has 1 rings (SSSR count). The third-order valence-corrected chi connectivity index (χ3v) is 1.41. The van der Waals surface area contributed by atoms with Crippen molar-refractivity contribution < 1.29 is 4.39 Å². The van der Waals surface area contributed by atoms with Crippen molar-refractivity contribution in [3.05, 3.63) is 23.0 Å². The lowest BCUT2D eigenvalue weighted by Gasteiger charge is -1.96. The highest BCUT2D eigenvalue weighted by molar-refractivity contribution is 6.29. The Morgan fingerprint density at radius 2 is 2.40 bits per heavy atom. The molecule has 0 aromatic carbocycles. The summed E-state index contributed by atoms with van der Waals surface area (Å²) in [5.41, 5.74) is 0.502. The molecule has 0 spiro atoms. The Morgan fingerprint density at radius 3 is 2.90 bits per heavy atom. The molecule has 0 N–H and O–H groups in total. The minimum absolute atomic E-state index is 0.281. The third-order valence-electron chi connectivity index (χ3n) is 1.10. The van der Waals surface area contributed by atoms with E-state index in [1.165, 1.54) is 0 Å². The minimum Gasteiger partial charge on any atom is -0.238 e. The molecular formula is C6H6ClFN2. The van der Waals surface area contributed by atoms with Crippen LogP contribution >= 0.6 is 11.6 Å². The van der Waals surface area contributed by atoms with E-state index in [4.69, 9.17) is 11.6 Å². The second-order valence-corrected chi connectivity index (χ2v) is 2.14. The topological polar surface area (TPSA) is 25.8 Å². The molecule has 0 aliphatic heterocycles. The first kappa shape index (κ1) is 7.41. The Morgan fingerprint density at radius 1 is 1.70 bits per heavy atom. The summed E-state index contributed by atoms with van der Waals surface area (Å²) in [6.45, 7) is 1.84. The van der Waals surface area contributed by atoms with Gasteiger partial charge in [0.2, 0.25) is 5.95 Å². The summed E-state index contributed by atoms with van der Waals surface area (Å²) in [7, 11) is 0. The van der Waals surface area contributed by atoms with E-state index >= 15 is 0 Å². The van der Waals surface area contributed by atoms with E-state index < -0.39 is 5.95 Å². The zero-order chi connectivity index (χ0) is 7.56. The fraction of sp³-hybridized carbons (Fsp3) is 0.333. The Balaban J connectivity index is 3.09. The monoisotopic (exact) mass is 160 g/mol. The standard InChI is InChI=1S/C6H6ClFN2/c1-2-4-6(7)9-3-5(8)10-4/h3H,2H2,1H3. The highest BCUT2D eigenvalue weighted by Gasteiger charge is 2.01.